The van der Waals surface area contributed by atoms with E-state index in [1.807, 2.05) is 6.08 Å². The lowest BCUT2D eigenvalue weighted by Crippen LogP contribution is -2.71. The molecule has 5 aliphatic rings. The van der Waals surface area contributed by atoms with Gasteiger partial charge in [-0.25, -0.2) is 0 Å². The van der Waals surface area contributed by atoms with Crippen molar-refractivity contribution in [3.8, 4) is 0 Å². The van der Waals surface area contributed by atoms with Crippen LogP contribution in [-0.2, 0) is 61.8 Å². The Morgan fingerprint density at radius 1 is 0.394 bits per heavy atom. The van der Waals surface area contributed by atoms with Crippen LogP contribution in [0.15, 0.2) is 12.2 Å². The summed E-state index contributed by atoms with van der Waals surface area (Å²) >= 11 is 0. The number of hydrogen-bond acceptors (Lipinski definition) is 28. The number of ether oxygens (including phenoxy) is 10. The Bertz CT molecular complexity index is 2240. The SMILES string of the molecule is CCCCCCCCCCCCC/C=C/[C@@H](O)[C@H](CO[C@@H]1OC(CO)[C@@H](O[C@@H]2OC(CO)[C@H](O)[C@H](O[C@H]3OC(CO)[C@H](O)[C@H](O[C@@H]4OC(CO)[C@H](O)[C@H](O[C@H]5OC(CO)[C@H](O)[C@H](O)C5NC(C)=O)C4NC(C)=O)C3O)C2O)[C@H](O)C1O)NC(=O)CCCCCCCCCCCCCCC. The van der Waals surface area contributed by atoms with Gasteiger partial charge in [0.25, 0.3) is 0 Å². The van der Waals surface area contributed by atoms with Gasteiger partial charge in [0.2, 0.25) is 17.7 Å². The highest BCUT2D eigenvalue weighted by molar-refractivity contribution is 5.76. The van der Waals surface area contributed by atoms with Crippen LogP contribution in [0, 0.1) is 0 Å². The first kappa shape index (κ1) is 86.8. The van der Waals surface area contributed by atoms with Gasteiger partial charge in [-0.1, -0.05) is 167 Å². The van der Waals surface area contributed by atoms with E-state index in [2.05, 4.69) is 29.8 Å². The number of allylic oxidation sites excluding steroid dienone is 1. The lowest BCUT2D eigenvalue weighted by atomic mass is 9.93. The first-order valence-corrected chi connectivity index (χ1v) is 36.5. The van der Waals surface area contributed by atoms with Gasteiger partial charge in [0.1, 0.15) is 122 Å². The highest BCUT2D eigenvalue weighted by atomic mass is 16.8. The molecule has 5 fully saturated rings. The Balaban J connectivity index is 1.25. The molecule has 31 nitrogen and oxygen atoms in total. The molecule has 578 valence electrons. The van der Waals surface area contributed by atoms with Crippen LogP contribution in [0.2, 0.25) is 0 Å². The predicted octanol–water partition coefficient (Wildman–Crippen LogP) is -1.03. The van der Waals surface area contributed by atoms with Gasteiger partial charge >= 0.3 is 0 Å². The largest absolute Gasteiger partial charge is 0.394 e. The molecule has 5 saturated heterocycles. The smallest absolute Gasteiger partial charge is 0.220 e. The van der Waals surface area contributed by atoms with Crippen LogP contribution in [0.4, 0.5) is 0 Å². The molecule has 0 saturated carbocycles. The lowest BCUT2D eigenvalue weighted by molar-refractivity contribution is -0.389. The van der Waals surface area contributed by atoms with Crippen LogP contribution in [0.25, 0.3) is 0 Å². The number of unbranched alkanes of at least 4 members (excludes halogenated alkanes) is 23. The molecule has 0 aromatic carbocycles. The summed E-state index contributed by atoms with van der Waals surface area (Å²) in [7, 11) is 0. The van der Waals surface area contributed by atoms with E-state index in [1.54, 1.807) is 6.08 Å². The molecule has 0 aliphatic carbocycles. The molecule has 18 N–H and O–H groups in total. The fourth-order valence-corrected chi connectivity index (χ4v) is 13.3. The van der Waals surface area contributed by atoms with E-state index in [-0.39, 0.29) is 12.3 Å². The van der Waals surface area contributed by atoms with Crippen molar-refractivity contribution in [3.63, 3.8) is 0 Å². The van der Waals surface area contributed by atoms with E-state index in [4.69, 9.17) is 47.4 Å². The number of nitrogens with one attached hydrogen (secondary N) is 3. The van der Waals surface area contributed by atoms with Crippen molar-refractivity contribution in [3.05, 3.63) is 12.2 Å². The Labute approximate surface area is 582 Å². The summed E-state index contributed by atoms with van der Waals surface area (Å²) in [5, 5.41) is 174. The van der Waals surface area contributed by atoms with E-state index in [0.29, 0.717) is 12.8 Å². The summed E-state index contributed by atoms with van der Waals surface area (Å²) in [6.07, 6.45) is -12.6. The first-order valence-electron chi connectivity index (χ1n) is 36.5. The molecule has 3 amide bonds. The molecule has 0 bridgehead atoms. The molecule has 5 rings (SSSR count). The molecule has 99 heavy (non-hydrogen) atoms. The number of hydrogen-bond donors (Lipinski definition) is 18. The summed E-state index contributed by atoms with van der Waals surface area (Å²) in [6.45, 7) is 1.32. The quantitative estimate of drug-likeness (QED) is 0.0256. The molecular weight excluding hydrogens is 1310 g/mol. The third-order valence-electron chi connectivity index (χ3n) is 19.1. The first-order chi connectivity index (χ1) is 47.6. The molecule has 0 spiro atoms. The third kappa shape index (κ3) is 27.2. The molecule has 0 aromatic rings. The maximum atomic E-state index is 13.5. The van der Waals surface area contributed by atoms with E-state index < -0.39 is 217 Å². The molecule has 0 aromatic heterocycles. The Morgan fingerprint density at radius 2 is 0.758 bits per heavy atom. The molecule has 0 radical (unpaired) electrons. The van der Waals surface area contributed by atoms with E-state index in [0.717, 1.165) is 65.2 Å². The van der Waals surface area contributed by atoms with Crippen LogP contribution >= 0.6 is 0 Å². The maximum Gasteiger partial charge on any atom is 0.220 e. The number of amides is 3. The topological polar surface area (TPSA) is 483 Å². The predicted molar refractivity (Wildman–Crippen MR) is 352 cm³/mol. The van der Waals surface area contributed by atoms with Gasteiger partial charge in [0.15, 0.2) is 31.5 Å². The molecule has 10 unspecified atom stereocenters. The van der Waals surface area contributed by atoms with Gasteiger partial charge in [-0.05, 0) is 19.3 Å². The van der Waals surface area contributed by atoms with Crippen LogP contribution in [0.3, 0.4) is 0 Å². The van der Waals surface area contributed by atoms with E-state index >= 15 is 0 Å². The number of carbonyl (C=O) groups excluding carboxylic acids is 3. The number of aliphatic hydroxyl groups excluding tert-OH is 15. The van der Waals surface area contributed by atoms with Gasteiger partial charge in [0.05, 0.1) is 51.8 Å². The van der Waals surface area contributed by atoms with Gasteiger partial charge < -0.3 is 140 Å². The molecular formula is C68H123N3O28. The van der Waals surface area contributed by atoms with Crippen molar-refractivity contribution in [2.75, 3.05) is 39.6 Å². The minimum atomic E-state index is -2.24. The van der Waals surface area contributed by atoms with Crippen LogP contribution < -0.4 is 16.0 Å². The lowest BCUT2D eigenvalue weighted by Gasteiger charge is -2.50. The second-order valence-electron chi connectivity index (χ2n) is 27.1. The second-order valence-corrected chi connectivity index (χ2v) is 27.1. The van der Waals surface area contributed by atoms with Crippen molar-refractivity contribution in [2.24, 2.45) is 0 Å². The minimum Gasteiger partial charge on any atom is -0.394 e. The van der Waals surface area contributed by atoms with Crippen molar-refractivity contribution >= 4 is 17.7 Å². The summed E-state index contributed by atoms with van der Waals surface area (Å²) in [5.41, 5.74) is 0. The van der Waals surface area contributed by atoms with Crippen molar-refractivity contribution in [2.45, 2.75) is 360 Å². The highest BCUT2D eigenvalue weighted by Crippen LogP contribution is 2.37. The molecule has 27 atom stereocenters. The van der Waals surface area contributed by atoms with Gasteiger partial charge in [-0.15, -0.1) is 0 Å². The summed E-state index contributed by atoms with van der Waals surface area (Å²) in [4.78, 5) is 38.5. The standard InChI is InChI=1S/C68H123N3O28/c1-5-7-9-11-13-15-17-19-21-23-25-27-29-31-42(79)41(71-48(80)32-30-28-26-24-22-20-18-16-14-12-10-8-6-2)38-90-66-57(87)56(86)60(47(37-76)95-66)96-67-59(89)63(54(84)46(36-75)93-67)99-68-58(88)62(53(83)45(35-74)94-68)98-65-50(70-40(4)78)61(52(82)44(34-73)92-65)97-64-49(69-39(3)77)55(85)51(81)43(33-72)91-64/h29,31,41-47,49-68,72-76,79,81-89H,5-28,30,32-38H2,1-4H3,(H,69,77)(H,70,78)(H,71,80)/b31-29+/t41-,42+,43?,44?,45?,46?,47?,49?,50?,51-,52-,53-,54-,55+,56+,57?,58?,59?,60+,61+,62-,63-,64+,65-,66+,67-,68+/m0/s1. The number of aliphatic hydroxyl groups is 15. The van der Waals surface area contributed by atoms with E-state index in [9.17, 15) is 91.0 Å². The average molecular weight is 1430 g/mol. The fourth-order valence-electron chi connectivity index (χ4n) is 13.3. The zero-order chi connectivity index (χ0) is 72.6. The zero-order valence-electron chi connectivity index (χ0n) is 58.4. The summed E-state index contributed by atoms with van der Waals surface area (Å²) in [5.74, 6) is -1.89. The third-order valence-corrected chi connectivity index (χ3v) is 19.1. The molecule has 5 heterocycles. The normalized spacial score (nSPS) is 35.8. The Morgan fingerprint density at radius 3 is 1.21 bits per heavy atom. The number of rotatable bonds is 47. The van der Waals surface area contributed by atoms with Crippen molar-refractivity contribution in [1.82, 2.24) is 16.0 Å². The number of carbonyl (C=O) groups is 3. The van der Waals surface area contributed by atoms with Gasteiger partial charge in [-0.2, -0.15) is 0 Å². The fraction of sp³-hybridized carbons (Fsp3) is 0.926. The van der Waals surface area contributed by atoms with Gasteiger partial charge in [0, 0.05) is 20.3 Å². The van der Waals surface area contributed by atoms with Crippen molar-refractivity contribution in [1.29, 1.82) is 0 Å². The summed E-state index contributed by atoms with van der Waals surface area (Å²) < 4.78 is 59.1. The van der Waals surface area contributed by atoms with Gasteiger partial charge in [-0.3, -0.25) is 14.4 Å². The average Bonchev–Trinajstić information content (AvgIpc) is 0.777. The Kier molecular flexibility index (Phi) is 41.1. The van der Waals surface area contributed by atoms with Crippen molar-refractivity contribution < 1.29 is 138 Å². The minimum absolute atomic E-state index is 0.187. The molecule has 31 heteroatoms. The Hall–Kier alpha value is -2.85. The van der Waals surface area contributed by atoms with Crippen LogP contribution in [0.5, 0.6) is 0 Å². The van der Waals surface area contributed by atoms with Crippen LogP contribution in [0.1, 0.15) is 195 Å². The maximum absolute atomic E-state index is 13.5. The summed E-state index contributed by atoms with van der Waals surface area (Å²) in [6, 6.07) is -4.36. The molecule has 5 aliphatic heterocycles. The zero-order valence-corrected chi connectivity index (χ0v) is 58.4. The van der Waals surface area contributed by atoms with Crippen LogP contribution in [-0.4, -0.2) is 300 Å². The highest BCUT2D eigenvalue weighted by Gasteiger charge is 2.57. The monoisotopic (exact) mass is 1430 g/mol. The second kappa shape index (κ2) is 46.9. The van der Waals surface area contributed by atoms with E-state index in [1.165, 1.54) is 96.3 Å².